The van der Waals surface area contributed by atoms with Crippen LogP contribution in [0.4, 0.5) is 4.39 Å². The standard InChI is InChI=1S/C33H31FN2O3/c1-22-8-6-12-27(18-22)31-30-20-29(39-23(2)32(37)35-21-24-9-7-13-28(34)19-24)15-14-25(30)16-17-36(31)33(38)26-10-4-3-5-11-26/h3-15,18-20,23,31H,16-17,21H2,1-2H3,(H,35,37). The maximum Gasteiger partial charge on any atom is 0.261 e. The van der Waals surface area contributed by atoms with Gasteiger partial charge >= 0.3 is 0 Å². The van der Waals surface area contributed by atoms with E-state index in [0.29, 0.717) is 23.4 Å². The molecule has 1 aliphatic rings. The molecule has 4 aromatic carbocycles. The molecule has 0 saturated heterocycles. The second-order valence-electron chi connectivity index (χ2n) is 9.90. The van der Waals surface area contributed by atoms with E-state index < -0.39 is 6.10 Å². The molecular formula is C33H31FN2O3. The van der Waals surface area contributed by atoms with Gasteiger partial charge in [0.2, 0.25) is 0 Å². The van der Waals surface area contributed by atoms with Gasteiger partial charge in [-0.3, -0.25) is 9.59 Å². The van der Waals surface area contributed by atoms with Gasteiger partial charge < -0.3 is 15.0 Å². The fourth-order valence-corrected chi connectivity index (χ4v) is 5.07. The van der Waals surface area contributed by atoms with Crippen LogP contribution in [-0.2, 0) is 17.8 Å². The van der Waals surface area contributed by atoms with E-state index in [1.165, 1.54) is 12.1 Å². The first-order chi connectivity index (χ1) is 18.9. The van der Waals surface area contributed by atoms with Crippen LogP contribution in [0.1, 0.15) is 51.1 Å². The molecule has 0 fully saturated rings. The number of ether oxygens (including phenoxy) is 1. The molecule has 2 atom stereocenters. The van der Waals surface area contributed by atoms with Crippen molar-refractivity contribution in [1.29, 1.82) is 0 Å². The van der Waals surface area contributed by atoms with Crippen LogP contribution in [0, 0.1) is 12.7 Å². The van der Waals surface area contributed by atoms with E-state index in [1.807, 2.05) is 78.6 Å². The van der Waals surface area contributed by atoms with Gasteiger partial charge in [0, 0.05) is 18.7 Å². The Labute approximate surface area is 228 Å². The molecule has 1 aliphatic heterocycles. The molecule has 6 heteroatoms. The Kier molecular flexibility index (Phi) is 7.73. The summed E-state index contributed by atoms with van der Waals surface area (Å²) in [5.41, 5.74) is 5.60. The lowest BCUT2D eigenvalue weighted by Crippen LogP contribution is -2.40. The molecule has 0 radical (unpaired) electrons. The summed E-state index contributed by atoms with van der Waals surface area (Å²) in [5.74, 6) is -0.117. The smallest absolute Gasteiger partial charge is 0.261 e. The number of rotatable bonds is 7. The number of hydrogen-bond donors (Lipinski definition) is 1. The van der Waals surface area contributed by atoms with Crippen molar-refractivity contribution in [3.63, 3.8) is 0 Å². The topological polar surface area (TPSA) is 58.6 Å². The lowest BCUT2D eigenvalue weighted by atomic mass is 9.87. The molecule has 1 heterocycles. The van der Waals surface area contributed by atoms with Crippen molar-refractivity contribution in [2.75, 3.05) is 6.54 Å². The van der Waals surface area contributed by atoms with Gasteiger partial charge in [0.25, 0.3) is 11.8 Å². The van der Waals surface area contributed by atoms with Crippen molar-refractivity contribution in [2.45, 2.75) is 39.0 Å². The number of carbonyl (C=O) groups excluding carboxylic acids is 2. The molecule has 5 rings (SSSR count). The molecular weight excluding hydrogens is 491 g/mol. The number of aryl methyl sites for hydroxylation is 1. The summed E-state index contributed by atoms with van der Waals surface area (Å²) in [6, 6.07) is 29.2. The Hall–Kier alpha value is -4.45. The third kappa shape index (κ3) is 6.01. The number of benzene rings is 4. The molecule has 198 valence electrons. The van der Waals surface area contributed by atoms with Gasteiger partial charge in [0.1, 0.15) is 11.6 Å². The SMILES string of the molecule is Cc1cccc(C2c3cc(OC(C)C(=O)NCc4cccc(F)c4)ccc3CCN2C(=O)c2ccccc2)c1. The predicted octanol–water partition coefficient (Wildman–Crippen LogP) is 6.01. The zero-order valence-corrected chi connectivity index (χ0v) is 22.1. The van der Waals surface area contributed by atoms with Crippen molar-refractivity contribution < 1.29 is 18.7 Å². The lowest BCUT2D eigenvalue weighted by molar-refractivity contribution is -0.127. The fraction of sp³-hybridized carbons (Fsp3) is 0.212. The first-order valence-corrected chi connectivity index (χ1v) is 13.1. The Morgan fingerprint density at radius 2 is 1.77 bits per heavy atom. The molecule has 2 amide bonds. The van der Waals surface area contributed by atoms with Crippen molar-refractivity contribution in [3.8, 4) is 5.75 Å². The quantitative estimate of drug-likeness (QED) is 0.324. The van der Waals surface area contributed by atoms with Gasteiger partial charge in [-0.05, 0) is 78.9 Å². The monoisotopic (exact) mass is 522 g/mol. The number of nitrogens with one attached hydrogen (secondary N) is 1. The van der Waals surface area contributed by atoms with Crippen LogP contribution in [0.3, 0.4) is 0 Å². The summed E-state index contributed by atoms with van der Waals surface area (Å²) in [7, 11) is 0. The maximum absolute atomic E-state index is 13.7. The average molecular weight is 523 g/mol. The third-order valence-corrected chi connectivity index (χ3v) is 7.02. The van der Waals surface area contributed by atoms with E-state index in [-0.39, 0.29) is 30.2 Å². The Balaban J connectivity index is 1.40. The van der Waals surface area contributed by atoms with Gasteiger partial charge in [0.05, 0.1) is 6.04 Å². The zero-order chi connectivity index (χ0) is 27.4. The van der Waals surface area contributed by atoms with Gasteiger partial charge in [-0.1, -0.05) is 66.2 Å². The number of halogens is 1. The second kappa shape index (κ2) is 11.5. The van der Waals surface area contributed by atoms with Crippen LogP contribution in [0.2, 0.25) is 0 Å². The van der Waals surface area contributed by atoms with Crippen molar-refractivity contribution in [1.82, 2.24) is 10.2 Å². The number of hydrogen-bond acceptors (Lipinski definition) is 3. The number of amides is 2. The number of carbonyl (C=O) groups is 2. The largest absolute Gasteiger partial charge is 0.481 e. The summed E-state index contributed by atoms with van der Waals surface area (Å²) in [4.78, 5) is 28.3. The van der Waals surface area contributed by atoms with Gasteiger partial charge in [-0.15, -0.1) is 0 Å². The third-order valence-electron chi connectivity index (χ3n) is 7.02. The van der Waals surface area contributed by atoms with Crippen molar-refractivity contribution in [3.05, 3.63) is 136 Å². The maximum atomic E-state index is 13.7. The Morgan fingerprint density at radius 3 is 2.54 bits per heavy atom. The predicted molar refractivity (Wildman–Crippen MR) is 149 cm³/mol. The molecule has 39 heavy (non-hydrogen) atoms. The van der Waals surface area contributed by atoms with Crippen molar-refractivity contribution in [2.24, 2.45) is 0 Å². The average Bonchev–Trinajstić information content (AvgIpc) is 2.95. The molecule has 0 aromatic heterocycles. The molecule has 0 saturated carbocycles. The van der Waals surface area contributed by atoms with E-state index in [4.69, 9.17) is 4.74 Å². The van der Waals surface area contributed by atoms with E-state index in [1.54, 1.807) is 19.1 Å². The van der Waals surface area contributed by atoms with Crippen LogP contribution >= 0.6 is 0 Å². The highest BCUT2D eigenvalue weighted by Gasteiger charge is 2.33. The van der Waals surface area contributed by atoms with Crippen LogP contribution < -0.4 is 10.1 Å². The lowest BCUT2D eigenvalue weighted by Gasteiger charge is -2.38. The summed E-state index contributed by atoms with van der Waals surface area (Å²) in [6.45, 7) is 4.53. The summed E-state index contributed by atoms with van der Waals surface area (Å²) < 4.78 is 19.5. The fourth-order valence-electron chi connectivity index (χ4n) is 5.07. The number of fused-ring (bicyclic) bond motifs is 1. The highest BCUT2D eigenvalue weighted by atomic mass is 19.1. The molecule has 5 nitrogen and oxygen atoms in total. The molecule has 0 bridgehead atoms. The van der Waals surface area contributed by atoms with Crippen LogP contribution in [0.25, 0.3) is 0 Å². The molecule has 2 unspecified atom stereocenters. The highest BCUT2D eigenvalue weighted by Crippen LogP contribution is 2.38. The number of nitrogens with zero attached hydrogens (tertiary/aromatic N) is 1. The molecule has 0 aliphatic carbocycles. The van der Waals surface area contributed by atoms with E-state index in [2.05, 4.69) is 11.4 Å². The minimum absolute atomic E-state index is 0.0239. The first-order valence-electron chi connectivity index (χ1n) is 13.1. The summed E-state index contributed by atoms with van der Waals surface area (Å²) >= 11 is 0. The molecule has 1 N–H and O–H groups in total. The van der Waals surface area contributed by atoms with Gasteiger partial charge in [0.15, 0.2) is 6.10 Å². The normalized spacial score (nSPS) is 15.3. The molecule has 4 aromatic rings. The minimum Gasteiger partial charge on any atom is -0.481 e. The first kappa shape index (κ1) is 26.2. The Bertz CT molecular complexity index is 1490. The van der Waals surface area contributed by atoms with Gasteiger partial charge in [-0.25, -0.2) is 4.39 Å². The summed E-state index contributed by atoms with van der Waals surface area (Å²) in [6.07, 6.45) is -0.0418. The van der Waals surface area contributed by atoms with Crippen LogP contribution in [-0.4, -0.2) is 29.4 Å². The zero-order valence-electron chi connectivity index (χ0n) is 22.1. The second-order valence-corrected chi connectivity index (χ2v) is 9.90. The van der Waals surface area contributed by atoms with Crippen LogP contribution in [0.15, 0.2) is 97.1 Å². The Morgan fingerprint density at radius 1 is 0.974 bits per heavy atom. The minimum atomic E-state index is -0.764. The van der Waals surface area contributed by atoms with E-state index in [0.717, 1.165) is 28.7 Å². The summed E-state index contributed by atoms with van der Waals surface area (Å²) in [5, 5.41) is 2.81. The van der Waals surface area contributed by atoms with Crippen molar-refractivity contribution >= 4 is 11.8 Å². The van der Waals surface area contributed by atoms with Crippen LogP contribution in [0.5, 0.6) is 5.75 Å². The highest BCUT2D eigenvalue weighted by molar-refractivity contribution is 5.95. The van der Waals surface area contributed by atoms with E-state index >= 15 is 0 Å². The van der Waals surface area contributed by atoms with E-state index in [9.17, 15) is 14.0 Å². The molecule has 0 spiro atoms. The van der Waals surface area contributed by atoms with Gasteiger partial charge in [-0.2, -0.15) is 0 Å².